The van der Waals surface area contributed by atoms with E-state index in [4.69, 9.17) is 5.84 Å². The van der Waals surface area contributed by atoms with Gasteiger partial charge in [-0.25, -0.2) is 5.84 Å². The van der Waals surface area contributed by atoms with Crippen molar-refractivity contribution in [1.29, 1.82) is 0 Å². The van der Waals surface area contributed by atoms with Crippen LogP contribution in [0.15, 0.2) is 4.47 Å². The van der Waals surface area contributed by atoms with Crippen molar-refractivity contribution in [2.24, 2.45) is 11.8 Å². The Kier molecular flexibility index (Phi) is 3.65. The van der Waals surface area contributed by atoms with Crippen molar-refractivity contribution in [3.8, 4) is 0 Å². The first kappa shape index (κ1) is 11.2. The maximum Gasteiger partial charge on any atom is 0.286 e. The summed E-state index contributed by atoms with van der Waals surface area (Å²) in [7, 11) is 0. The lowest BCUT2D eigenvalue weighted by Gasteiger charge is -2.01. The van der Waals surface area contributed by atoms with Crippen molar-refractivity contribution in [3.63, 3.8) is 0 Å². The second-order valence-electron chi connectivity index (χ2n) is 3.44. The average Bonchev–Trinajstić information content (AvgIpc) is 2.46. The van der Waals surface area contributed by atoms with E-state index >= 15 is 0 Å². The van der Waals surface area contributed by atoms with E-state index in [2.05, 4.69) is 40.0 Å². The number of nitrogens with zero attached hydrogens (tertiary/aromatic N) is 1. The molecule has 0 unspecified atom stereocenters. The molecule has 1 heterocycles. The van der Waals surface area contributed by atoms with Crippen LogP contribution in [0.5, 0.6) is 0 Å². The van der Waals surface area contributed by atoms with Gasteiger partial charge in [-0.1, -0.05) is 13.8 Å². The largest absolute Gasteiger partial charge is 0.289 e. The highest BCUT2D eigenvalue weighted by Crippen LogP contribution is 2.21. The number of carbonyl (C=O) groups excluding carboxylic acids is 1. The molecule has 0 saturated heterocycles. The lowest BCUT2D eigenvalue weighted by atomic mass is 10.1. The Hall–Kier alpha value is -0.880. The molecule has 0 spiro atoms. The average molecular weight is 261 g/mol. The van der Waals surface area contributed by atoms with Crippen LogP contribution in [0.4, 0.5) is 0 Å². The highest BCUT2D eigenvalue weighted by Gasteiger charge is 2.16. The van der Waals surface area contributed by atoms with Gasteiger partial charge in [0, 0.05) is 0 Å². The zero-order chi connectivity index (χ0) is 10.7. The summed E-state index contributed by atoms with van der Waals surface area (Å²) in [6.07, 6.45) is 0.839. The molecule has 0 aliphatic carbocycles. The number of aromatic amines is 1. The normalized spacial score (nSPS) is 10.6. The van der Waals surface area contributed by atoms with Crippen molar-refractivity contribution < 1.29 is 4.79 Å². The number of hydrogen-bond acceptors (Lipinski definition) is 3. The zero-order valence-electron chi connectivity index (χ0n) is 8.10. The molecule has 0 bridgehead atoms. The minimum absolute atomic E-state index is 0.295. The number of rotatable bonds is 3. The number of amides is 1. The van der Waals surface area contributed by atoms with E-state index in [-0.39, 0.29) is 0 Å². The molecule has 0 aromatic carbocycles. The molecule has 0 aliphatic heterocycles. The van der Waals surface area contributed by atoms with E-state index in [0.717, 1.165) is 12.1 Å². The van der Waals surface area contributed by atoms with E-state index in [1.807, 2.05) is 5.43 Å². The molecular weight excluding hydrogens is 248 g/mol. The Morgan fingerprint density at radius 2 is 2.36 bits per heavy atom. The van der Waals surface area contributed by atoms with Crippen molar-refractivity contribution in [2.45, 2.75) is 20.3 Å². The summed E-state index contributed by atoms with van der Waals surface area (Å²) in [5.41, 5.74) is 3.25. The Morgan fingerprint density at radius 3 is 2.86 bits per heavy atom. The fourth-order valence-corrected chi connectivity index (χ4v) is 1.65. The minimum atomic E-state index is -0.400. The SMILES string of the molecule is CC(C)Cc1[nH]nc(C(=O)NN)c1Br. The van der Waals surface area contributed by atoms with Gasteiger partial charge in [0.15, 0.2) is 5.69 Å². The summed E-state index contributed by atoms with van der Waals surface area (Å²) in [5, 5.41) is 6.68. The summed E-state index contributed by atoms with van der Waals surface area (Å²) in [5.74, 6) is 5.11. The molecular formula is C8H13BrN4O. The Labute approximate surface area is 90.5 Å². The van der Waals surface area contributed by atoms with Crippen LogP contribution in [-0.2, 0) is 6.42 Å². The lowest BCUT2D eigenvalue weighted by molar-refractivity contribution is 0.0948. The predicted molar refractivity (Wildman–Crippen MR) is 56.5 cm³/mol. The Bertz CT molecular complexity index is 334. The first-order valence-electron chi connectivity index (χ1n) is 4.30. The van der Waals surface area contributed by atoms with Gasteiger partial charge in [0.05, 0.1) is 10.2 Å². The summed E-state index contributed by atoms with van der Waals surface area (Å²) in [6.45, 7) is 4.19. The van der Waals surface area contributed by atoms with Gasteiger partial charge in [-0.15, -0.1) is 0 Å². The van der Waals surface area contributed by atoms with Crippen LogP contribution >= 0.6 is 15.9 Å². The fraction of sp³-hybridized carbons (Fsp3) is 0.500. The third-order valence-electron chi connectivity index (χ3n) is 1.73. The number of hydrogen-bond donors (Lipinski definition) is 3. The molecule has 1 aromatic rings. The van der Waals surface area contributed by atoms with Gasteiger partial charge >= 0.3 is 0 Å². The van der Waals surface area contributed by atoms with Gasteiger partial charge in [-0.05, 0) is 28.3 Å². The molecule has 6 heteroatoms. The molecule has 14 heavy (non-hydrogen) atoms. The number of halogens is 1. The van der Waals surface area contributed by atoms with E-state index < -0.39 is 5.91 Å². The van der Waals surface area contributed by atoms with Gasteiger partial charge in [-0.2, -0.15) is 5.10 Å². The fourth-order valence-electron chi connectivity index (χ4n) is 1.13. The van der Waals surface area contributed by atoms with Crippen LogP contribution in [0.3, 0.4) is 0 Å². The minimum Gasteiger partial charge on any atom is -0.289 e. The molecule has 0 saturated carbocycles. The molecule has 1 aromatic heterocycles. The second-order valence-corrected chi connectivity index (χ2v) is 4.23. The summed E-state index contributed by atoms with van der Waals surface area (Å²) in [4.78, 5) is 11.2. The maximum absolute atomic E-state index is 11.2. The van der Waals surface area contributed by atoms with Gasteiger partial charge < -0.3 is 0 Å². The monoisotopic (exact) mass is 260 g/mol. The van der Waals surface area contributed by atoms with Crippen molar-refractivity contribution in [2.75, 3.05) is 0 Å². The summed E-state index contributed by atoms with van der Waals surface area (Å²) >= 11 is 3.31. The first-order chi connectivity index (χ1) is 6.56. The van der Waals surface area contributed by atoms with E-state index in [9.17, 15) is 4.79 Å². The lowest BCUT2D eigenvalue weighted by Crippen LogP contribution is -2.30. The standard InChI is InChI=1S/C8H13BrN4O/c1-4(2)3-5-6(9)7(13-12-5)8(14)11-10/h4H,3,10H2,1-2H3,(H,11,14)(H,12,13). The number of carbonyl (C=O) groups is 1. The molecule has 1 amide bonds. The van der Waals surface area contributed by atoms with Crippen LogP contribution in [0.25, 0.3) is 0 Å². The van der Waals surface area contributed by atoms with Crippen molar-refractivity contribution in [3.05, 3.63) is 15.9 Å². The second kappa shape index (κ2) is 4.56. The molecule has 4 N–H and O–H groups in total. The van der Waals surface area contributed by atoms with Crippen LogP contribution in [-0.4, -0.2) is 16.1 Å². The Morgan fingerprint density at radius 1 is 1.71 bits per heavy atom. The van der Waals surface area contributed by atoms with E-state index in [1.54, 1.807) is 0 Å². The number of nitrogen functional groups attached to an aromatic ring is 1. The number of nitrogens with two attached hydrogens (primary N) is 1. The summed E-state index contributed by atoms with van der Waals surface area (Å²) in [6, 6.07) is 0. The van der Waals surface area contributed by atoms with Crippen LogP contribution in [0.2, 0.25) is 0 Å². The number of hydrazine groups is 1. The topological polar surface area (TPSA) is 83.8 Å². The molecule has 0 aliphatic rings. The molecule has 5 nitrogen and oxygen atoms in total. The zero-order valence-corrected chi connectivity index (χ0v) is 9.68. The number of nitrogens with one attached hydrogen (secondary N) is 2. The van der Waals surface area contributed by atoms with Gasteiger partial charge in [-0.3, -0.25) is 15.3 Å². The molecule has 0 atom stereocenters. The van der Waals surface area contributed by atoms with Crippen LogP contribution in [0.1, 0.15) is 30.0 Å². The van der Waals surface area contributed by atoms with E-state index in [1.165, 1.54) is 0 Å². The number of H-pyrrole nitrogens is 1. The summed E-state index contributed by atoms with van der Waals surface area (Å²) < 4.78 is 0.689. The smallest absolute Gasteiger partial charge is 0.286 e. The van der Waals surface area contributed by atoms with Crippen molar-refractivity contribution in [1.82, 2.24) is 15.6 Å². The third kappa shape index (κ3) is 2.33. The quantitative estimate of drug-likeness (QED) is 0.430. The maximum atomic E-state index is 11.2. The Balaban J connectivity index is 2.90. The highest BCUT2D eigenvalue weighted by molar-refractivity contribution is 9.10. The predicted octanol–water partition coefficient (Wildman–Crippen LogP) is 0.974. The van der Waals surface area contributed by atoms with Crippen LogP contribution in [0, 0.1) is 5.92 Å². The number of aromatic nitrogens is 2. The van der Waals surface area contributed by atoms with Gasteiger partial charge in [0.1, 0.15) is 0 Å². The van der Waals surface area contributed by atoms with Gasteiger partial charge in [0.2, 0.25) is 0 Å². The van der Waals surface area contributed by atoms with E-state index in [0.29, 0.717) is 16.1 Å². The first-order valence-corrected chi connectivity index (χ1v) is 5.09. The molecule has 78 valence electrons. The van der Waals surface area contributed by atoms with Crippen LogP contribution < -0.4 is 11.3 Å². The highest BCUT2D eigenvalue weighted by atomic mass is 79.9. The molecule has 1 rings (SSSR count). The van der Waals surface area contributed by atoms with Crippen molar-refractivity contribution >= 4 is 21.8 Å². The van der Waals surface area contributed by atoms with Gasteiger partial charge in [0.25, 0.3) is 5.91 Å². The molecule has 0 fully saturated rings. The third-order valence-corrected chi connectivity index (χ3v) is 2.59. The molecule has 0 radical (unpaired) electrons.